The van der Waals surface area contributed by atoms with E-state index in [1.807, 2.05) is 36.4 Å². The molecular formula is C33H23ClF2N2O5. The van der Waals surface area contributed by atoms with Gasteiger partial charge in [-0.3, -0.25) is 9.59 Å². The van der Waals surface area contributed by atoms with Gasteiger partial charge >= 0.3 is 6.29 Å². The molecule has 1 aliphatic carbocycles. The topological polar surface area (TPSA) is 79.7 Å². The van der Waals surface area contributed by atoms with Gasteiger partial charge in [0, 0.05) is 16.0 Å². The van der Waals surface area contributed by atoms with Gasteiger partial charge in [0.05, 0.1) is 16.5 Å². The summed E-state index contributed by atoms with van der Waals surface area (Å²) in [4.78, 5) is 27.6. The summed E-state index contributed by atoms with van der Waals surface area (Å²) < 4.78 is 43.4. The smallest absolute Gasteiger partial charge is 0.489 e. The van der Waals surface area contributed by atoms with Gasteiger partial charge in [-0.25, -0.2) is 4.68 Å². The number of halogens is 3. The molecule has 4 aromatic carbocycles. The number of carbonyl (C=O) groups excluding carboxylic acids is 1. The number of benzene rings is 4. The molecule has 2 aliphatic rings. The van der Waals surface area contributed by atoms with E-state index in [1.165, 1.54) is 12.1 Å². The number of rotatable bonds is 8. The van der Waals surface area contributed by atoms with E-state index in [2.05, 4.69) is 14.6 Å². The number of hydrogen-bond donors (Lipinski definition) is 0. The summed E-state index contributed by atoms with van der Waals surface area (Å²) >= 11 is 6.28. The molecule has 1 saturated carbocycles. The van der Waals surface area contributed by atoms with Crippen molar-refractivity contribution in [2.45, 2.75) is 37.7 Å². The third kappa shape index (κ3) is 5.10. The summed E-state index contributed by atoms with van der Waals surface area (Å²) in [5.41, 5.74) is 1.26. The number of alkyl halides is 2. The van der Waals surface area contributed by atoms with Crippen LogP contribution in [0.2, 0.25) is 5.02 Å². The highest BCUT2D eigenvalue weighted by Gasteiger charge is 2.52. The minimum atomic E-state index is -3.76. The highest BCUT2D eigenvalue weighted by molar-refractivity contribution is 6.30. The summed E-state index contributed by atoms with van der Waals surface area (Å²) in [5.74, 6) is 0.000660. The standard InChI is InChI=1S/C33H23ClF2N2O5/c34-23-8-4-7-21(15-23)30-25-11-10-24(41-19-20-5-2-1-3-6-20)17-26(25)31(40)38(37-30)18-29(39)32(13-14-32)22-9-12-27-28(16-22)43-33(35,36)42-27/h1-12,15-17H,13-14,18-19H2. The Bertz CT molecular complexity index is 1960. The van der Waals surface area contributed by atoms with Crippen molar-refractivity contribution in [1.29, 1.82) is 0 Å². The maximum absolute atomic E-state index is 13.8. The van der Waals surface area contributed by atoms with E-state index in [1.54, 1.807) is 42.5 Å². The van der Waals surface area contributed by atoms with Crippen LogP contribution in [0.5, 0.6) is 17.2 Å². The second-order valence-electron chi connectivity index (χ2n) is 10.6. The van der Waals surface area contributed by atoms with E-state index >= 15 is 0 Å². The first kappa shape index (κ1) is 27.1. The molecule has 0 amide bonds. The monoisotopic (exact) mass is 600 g/mol. The lowest BCUT2D eigenvalue weighted by Crippen LogP contribution is -2.32. The van der Waals surface area contributed by atoms with Gasteiger partial charge in [0.25, 0.3) is 5.56 Å². The largest absolute Gasteiger partial charge is 0.586 e. The number of Topliss-reactive ketones (excluding diaryl/α,β-unsaturated/α-hetero) is 1. The Morgan fingerprint density at radius 3 is 2.47 bits per heavy atom. The van der Waals surface area contributed by atoms with Crippen molar-refractivity contribution in [2.75, 3.05) is 0 Å². The van der Waals surface area contributed by atoms with Gasteiger partial charge < -0.3 is 14.2 Å². The van der Waals surface area contributed by atoms with Crippen molar-refractivity contribution in [3.63, 3.8) is 0 Å². The molecule has 43 heavy (non-hydrogen) atoms. The van der Waals surface area contributed by atoms with Crippen molar-refractivity contribution < 1.29 is 27.8 Å². The molecule has 0 unspecified atom stereocenters. The Morgan fingerprint density at radius 2 is 1.70 bits per heavy atom. The summed E-state index contributed by atoms with van der Waals surface area (Å²) in [7, 11) is 0. The summed E-state index contributed by atoms with van der Waals surface area (Å²) in [6.45, 7) is -0.00270. The summed E-state index contributed by atoms with van der Waals surface area (Å²) in [6.07, 6.45) is -2.75. The molecule has 0 atom stereocenters. The van der Waals surface area contributed by atoms with Crippen LogP contribution in [0.1, 0.15) is 24.0 Å². The molecule has 7 nitrogen and oxygen atoms in total. The van der Waals surface area contributed by atoms with Crippen LogP contribution in [-0.2, 0) is 23.4 Å². The minimum Gasteiger partial charge on any atom is -0.489 e. The first-order valence-corrected chi connectivity index (χ1v) is 14.0. The Balaban J connectivity index is 1.26. The Kier molecular flexibility index (Phi) is 6.43. The molecule has 7 rings (SSSR count). The van der Waals surface area contributed by atoms with Crippen LogP contribution in [0.4, 0.5) is 8.78 Å². The molecule has 0 bridgehead atoms. The van der Waals surface area contributed by atoms with Gasteiger partial charge in [0.2, 0.25) is 0 Å². The Labute approximate surface area is 249 Å². The van der Waals surface area contributed by atoms with Crippen molar-refractivity contribution in [3.8, 4) is 28.5 Å². The lowest BCUT2D eigenvalue weighted by Gasteiger charge is -2.17. The van der Waals surface area contributed by atoms with Gasteiger partial charge in [-0.15, -0.1) is 8.78 Å². The average molecular weight is 601 g/mol. The molecule has 10 heteroatoms. The van der Waals surface area contributed by atoms with Crippen molar-refractivity contribution in [3.05, 3.63) is 117 Å². The molecule has 5 aromatic rings. The lowest BCUT2D eigenvalue weighted by molar-refractivity contribution is -0.286. The lowest BCUT2D eigenvalue weighted by atomic mass is 9.91. The van der Waals surface area contributed by atoms with Crippen molar-refractivity contribution >= 4 is 28.2 Å². The molecule has 0 N–H and O–H groups in total. The third-order valence-corrected chi connectivity index (χ3v) is 8.04. The molecule has 1 fully saturated rings. The zero-order valence-electron chi connectivity index (χ0n) is 22.6. The first-order valence-electron chi connectivity index (χ1n) is 13.6. The zero-order valence-corrected chi connectivity index (χ0v) is 23.3. The second kappa shape index (κ2) is 10.2. The predicted molar refractivity (Wildman–Crippen MR) is 156 cm³/mol. The number of ether oxygens (including phenoxy) is 3. The molecule has 1 aliphatic heterocycles. The average Bonchev–Trinajstić information content (AvgIpc) is 3.75. The van der Waals surface area contributed by atoms with Crippen LogP contribution < -0.4 is 19.8 Å². The maximum Gasteiger partial charge on any atom is 0.586 e. The van der Waals surface area contributed by atoms with E-state index in [9.17, 15) is 18.4 Å². The van der Waals surface area contributed by atoms with Crippen molar-refractivity contribution in [1.82, 2.24) is 9.78 Å². The molecule has 0 spiro atoms. The molecule has 2 heterocycles. The number of fused-ring (bicyclic) bond motifs is 2. The molecule has 1 aromatic heterocycles. The minimum absolute atomic E-state index is 0.0964. The van der Waals surface area contributed by atoms with E-state index in [0.717, 1.165) is 10.2 Å². The fourth-order valence-corrected chi connectivity index (χ4v) is 5.63. The summed E-state index contributed by atoms with van der Waals surface area (Å²) in [6, 6.07) is 26.3. The molecular weight excluding hydrogens is 578 g/mol. The van der Waals surface area contributed by atoms with Gasteiger partial charge in [0.1, 0.15) is 18.9 Å². The number of carbonyl (C=O) groups is 1. The van der Waals surface area contributed by atoms with Gasteiger partial charge in [-0.1, -0.05) is 60.1 Å². The Hall–Kier alpha value is -4.76. The van der Waals surface area contributed by atoms with E-state index in [-0.39, 0.29) is 23.8 Å². The highest BCUT2D eigenvalue weighted by Crippen LogP contribution is 2.52. The molecule has 216 valence electrons. The van der Waals surface area contributed by atoms with Crippen LogP contribution >= 0.6 is 11.6 Å². The van der Waals surface area contributed by atoms with E-state index in [0.29, 0.717) is 57.8 Å². The predicted octanol–water partition coefficient (Wildman–Crippen LogP) is 6.92. The maximum atomic E-state index is 13.8. The SMILES string of the molecule is O=C(Cn1nc(-c2cccc(Cl)c2)c2ccc(OCc3ccccc3)cc2c1=O)C1(c2ccc3c(c2)OC(F)(F)O3)CC1. The second-order valence-corrected chi connectivity index (χ2v) is 11.1. The number of ketones is 1. The first-order chi connectivity index (χ1) is 20.7. The fraction of sp³-hybridized carbons (Fsp3) is 0.182. The van der Waals surface area contributed by atoms with Crippen LogP contribution in [-0.4, -0.2) is 21.9 Å². The third-order valence-electron chi connectivity index (χ3n) is 7.81. The van der Waals surface area contributed by atoms with Crippen LogP contribution in [0.15, 0.2) is 95.8 Å². The van der Waals surface area contributed by atoms with Crippen LogP contribution in [0, 0.1) is 0 Å². The van der Waals surface area contributed by atoms with Crippen LogP contribution in [0.25, 0.3) is 22.0 Å². The molecule has 0 radical (unpaired) electrons. The zero-order chi connectivity index (χ0) is 29.8. The van der Waals surface area contributed by atoms with E-state index in [4.69, 9.17) is 16.3 Å². The number of aromatic nitrogens is 2. The normalized spacial score (nSPS) is 15.8. The van der Waals surface area contributed by atoms with Crippen molar-refractivity contribution in [2.24, 2.45) is 0 Å². The summed E-state index contributed by atoms with van der Waals surface area (Å²) in [5, 5.41) is 6.04. The van der Waals surface area contributed by atoms with Gasteiger partial charge in [-0.2, -0.15) is 5.10 Å². The van der Waals surface area contributed by atoms with Crippen LogP contribution in [0.3, 0.4) is 0 Å². The van der Waals surface area contributed by atoms with Gasteiger partial charge in [-0.05, 0) is 66.4 Å². The molecule has 0 saturated heterocycles. The quantitative estimate of drug-likeness (QED) is 0.192. The Morgan fingerprint density at radius 1 is 0.907 bits per heavy atom. The number of nitrogens with zero attached hydrogens (tertiary/aromatic N) is 2. The highest BCUT2D eigenvalue weighted by atomic mass is 35.5. The number of hydrogen-bond acceptors (Lipinski definition) is 6. The van der Waals surface area contributed by atoms with Gasteiger partial charge in [0.15, 0.2) is 17.3 Å². The van der Waals surface area contributed by atoms with E-state index < -0.39 is 17.3 Å². The fourth-order valence-electron chi connectivity index (χ4n) is 5.44.